The quantitative estimate of drug-likeness (QED) is 0.750. The van der Waals surface area contributed by atoms with Gasteiger partial charge in [-0.1, -0.05) is 30.3 Å². The highest BCUT2D eigenvalue weighted by Gasteiger charge is 2.25. The molecule has 0 heterocycles. The summed E-state index contributed by atoms with van der Waals surface area (Å²) < 4.78 is 0. The zero-order valence-electron chi connectivity index (χ0n) is 10.1. The van der Waals surface area contributed by atoms with Crippen LogP contribution < -0.4 is 15.8 Å². The van der Waals surface area contributed by atoms with Crippen LogP contribution in [-0.4, -0.2) is 13.1 Å². The van der Waals surface area contributed by atoms with E-state index in [-0.39, 0.29) is 10.9 Å². The molecule has 0 amide bonds. The van der Waals surface area contributed by atoms with Crippen LogP contribution in [0.5, 0.6) is 0 Å². The van der Waals surface area contributed by atoms with Crippen molar-refractivity contribution in [2.45, 2.75) is 13.8 Å². The fourth-order valence-electron chi connectivity index (χ4n) is 2.09. The summed E-state index contributed by atoms with van der Waals surface area (Å²) in [6.45, 7) is 5.44. The standard InChI is InChI=1S/C14H15NO2/c1-3-15(4-2)12-11(13(16)14(12)17)10-8-6-5-7-9-10/h5-9H,3-4H2,1-2H3. The van der Waals surface area contributed by atoms with E-state index in [1.54, 1.807) is 0 Å². The molecule has 2 aromatic carbocycles. The first-order chi connectivity index (χ1) is 8.20. The Labute approximate surface area is 100 Å². The summed E-state index contributed by atoms with van der Waals surface area (Å²) in [5, 5.41) is 0. The Morgan fingerprint density at radius 3 is 2.06 bits per heavy atom. The second-order valence-corrected chi connectivity index (χ2v) is 3.92. The predicted octanol–water partition coefficient (Wildman–Crippen LogP) is 1.80. The summed E-state index contributed by atoms with van der Waals surface area (Å²) in [6.07, 6.45) is 0. The second kappa shape index (κ2) is 4.53. The highest BCUT2D eigenvalue weighted by atomic mass is 16.2. The number of rotatable bonds is 4. The van der Waals surface area contributed by atoms with Gasteiger partial charge in [0.15, 0.2) is 0 Å². The van der Waals surface area contributed by atoms with E-state index < -0.39 is 0 Å². The number of nitrogens with zero attached hydrogens (tertiary/aromatic N) is 1. The van der Waals surface area contributed by atoms with Gasteiger partial charge in [0.25, 0.3) is 0 Å². The maximum Gasteiger partial charge on any atom is 0.250 e. The van der Waals surface area contributed by atoms with Crippen LogP contribution in [-0.2, 0) is 0 Å². The smallest absolute Gasteiger partial charge is 0.250 e. The molecule has 0 aromatic heterocycles. The number of anilines is 1. The van der Waals surface area contributed by atoms with Crippen molar-refractivity contribution < 1.29 is 0 Å². The molecule has 2 aromatic rings. The lowest BCUT2D eigenvalue weighted by Gasteiger charge is -2.24. The molecule has 0 saturated heterocycles. The van der Waals surface area contributed by atoms with Crippen molar-refractivity contribution in [2.24, 2.45) is 0 Å². The van der Waals surface area contributed by atoms with Crippen LogP contribution in [0.4, 0.5) is 5.69 Å². The molecule has 0 aliphatic rings. The molecule has 0 N–H and O–H groups in total. The third kappa shape index (κ3) is 1.78. The average molecular weight is 229 g/mol. The molecule has 0 bridgehead atoms. The second-order valence-electron chi connectivity index (χ2n) is 3.92. The van der Waals surface area contributed by atoms with Crippen molar-refractivity contribution in [3.05, 3.63) is 50.8 Å². The molecule has 0 atom stereocenters. The van der Waals surface area contributed by atoms with E-state index in [0.717, 1.165) is 18.7 Å². The zero-order valence-corrected chi connectivity index (χ0v) is 10.1. The predicted molar refractivity (Wildman–Crippen MR) is 70.4 cm³/mol. The number of benzene rings is 1. The average Bonchev–Trinajstić information content (AvgIpc) is 2.39. The first-order valence-corrected chi connectivity index (χ1v) is 5.84. The third-order valence-corrected chi connectivity index (χ3v) is 3.03. The topological polar surface area (TPSA) is 37.4 Å². The summed E-state index contributed by atoms with van der Waals surface area (Å²) in [5.74, 6) is 0. The lowest BCUT2D eigenvalue weighted by molar-refractivity contribution is 0.856. The normalized spacial score (nSPS) is 10.7. The minimum atomic E-state index is -0.363. The highest BCUT2D eigenvalue weighted by molar-refractivity contribution is 5.82. The molecule has 0 radical (unpaired) electrons. The van der Waals surface area contributed by atoms with E-state index in [4.69, 9.17) is 0 Å². The van der Waals surface area contributed by atoms with E-state index >= 15 is 0 Å². The zero-order chi connectivity index (χ0) is 12.4. The Bertz CT molecular complexity index is 576. The van der Waals surface area contributed by atoms with Crippen LogP contribution in [0.25, 0.3) is 11.1 Å². The van der Waals surface area contributed by atoms with Crippen molar-refractivity contribution in [3.8, 4) is 11.1 Å². The SMILES string of the molecule is CCN(CC)c1c(-c2ccccc2)c(=O)c1=O. The molecular weight excluding hydrogens is 214 g/mol. The van der Waals surface area contributed by atoms with Gasteiger partial charge in [-0.3, -0.25) is 9.59 Å². The van der Waals surface area contributed by atoms with Gasteiger partial charge < -0.3 is 4.90 Å². The van der Waals surface area contributed by atoms with Gasteiger partial charge in [0, 0.05) is 13.1 Å². The summed E-state index contributed by atoms with van der Waals surface area (Å²) in [6, 6.07) is 9.37. The number of hydrogen-bond acceptors (Lipinski definition) is 3. The summed E-state index contributed by atoms with van der Waals surface area (Å²) in [7, 11) is 0. The van der Waals surface area contributed by atoms with Gasteiger partial charge in [-0.05, 0) is 19.4 Å². The fraction of sp³-hybridized carbons (Fsp3) is 0.286. The molecule has 0 unspecified atom stereocenters. The molecule has 88 valence electrons. The Balaban J connectivity index is 2.54. The van der Waals surface area contributed by atoms with Crippen molar-refractivity contribution in [2.75, 3.05) is 18.0 Å². The Hall–Kier alpha value is -1.90. The van der Waals surface area contributed by atoms with E-state index in [9.17, 15) is 9.59 Å². The maximum absolute atomic E-state index is 11.7. The molecule has 0 spiro atoms. The molecule has 2 rings (SSSR count). The third-order valence-electron chi connectivity index (χ3n) is 3.03. The van der Waals surface area contributed by atoms with Crippen molar-refractivity contribution in [1.29, 1.82) is 0 Å². The van der Waals surface area contributed by atoms with Gasteiger partial charge in [-0.25, -0.2) is 0 Å². The first-order valence-electron chi connectivity index (χ1n) is 5.84. The van der Waals surface area contributed by atoms with E-state index in [1.165, 1.54) is 0 Å². The van der Waals surface area contributed by atoms with Crippen LogP contribution in [0.1, 0.15) is 13.8 Å². The molecule has 0 saturated carbocycles. The molecule has 3 nitrogen and oxygen atoms in total. The molecular formula is C14H15NO2. The van der Waals surface area contributed by atoms with Crippen LogP contribution >= 0.6 is 0 Å². The van der Waals surface area contributed by atoms with Gasteiger partial charge in [-0.15, -0.1) is 0 Å². The van der Waals surface area contributed by atoms with Gasteiger partial charge in [-0.2, -0.15) is 0 Å². The van der Waals surface area contributed by atoms with E-state index in [0.29, 0.717) is 11.3 Å². The summed E-state index contributed by atoms with van der Waals surface area (Å²) in [4.78, 5) is 25.3. The van der Waals surface area contributed by atoms with Crippen molar-refractivity contribution in [3.63, 3.8) is 0 Å². The molecule has 0 aliphatic heterocycles. The monoisotopic (exact) mass is 229 g/mol. The summed E-state index contributed by atoms with van der Waals surface area (Å²) in [5.41, 5.74) is 1.26. The molecule has 0 fully saturated rings. The van der Waals surface area contributed by atoms with Gasteiger partial charge in [0.1, 0.15) is 5.69 Å². The van der Waals surface area contributed by atoms with Crippen molar-refractivity contribution in [1.82, 2.24) is 0 Å². The minimum absolute atomic E-state index is 0.354. The molecule has 3 heteroatoms. The lowest BCUT2D eigenvalue weighted by atomic mass is 9.97. The lowest BCUT2D eigenvalue weighted by Crippen LogP contribution is -2.42. The van der Waals surface area contributed by atoms with Gasteiger partial charge in [0.2, 0.25) is 10.9 Å². The van der Waals surface area contributed by atoms with Crippen LogP contribution in [0, 0.1) is 0 Å². The fourth-order valence-corrected chi connectivity index (χ4v) is 2.09. The van der Waals surface area contributed by atoms with Gasteiger partial charge >= 0.3 is 0 Å². The molecule has 17 heavy (non-hydrogen) atoms. The largest absolute Gasteiger partial charge is 0.368 e. The van der Waals surface area contributed by atoms with Crippen LogP contribution in [0.3, 0.4) is 0 Å². The van der Waals surface area contributed by atoms with E-state index in [2.05, 4.69) is 0 Å². The van der Waals surface area contributed by atoms with Crippen LogP contribution in [0.15, 0.2) is 39.9 Å². The highest BCUT2D eigenvalue weighted by Crippen LogP contribution is 2.25. The Morgan fingerprint density at radius 1 is 0.941 bits per heavy atom. The van der Waals surface area contributed by atoms with Crippen molar-refractivity contribution >= 4 is 5.69 Å². The Morgan fingerprint density at radius 2 is 1.53 bits per heavy atom. The first kappa shape index (κ1) is 11.6. The van der Waals surface area contributed by atoms with E-state index in [1.807, 2.05) is 49.1 Å². The maximum atomic E-state index is 11.7. The minimum Gasteiger partial charge on any atom is -0.368 e. The number of hydrogen-bond donors (Lipinski definition) is 0. The van der Waals surface area contributed by atoms with Gasteiger partial charge in [0.05, 0.1) is 5.56 Å². The summed E-state index contributed by atoms with van der Waals surface area (Å²) >= 11 is 0. The van der Waals surface area contributed by atoms with Crippen LogP contribution in [0.2, 0.25) is 0 Å². The Kier molecular flexibility index (Phi) is 3.09. The molecule has 0 aliphatic carbocycles.